The molecule has 0 amide bonds. The van der Waals surface area contributed by atoms with Gasteiger partial charge in [0.25, 0.3) is 0 Å². The molecule has 4 heteroatoms. The summed E-state index contributed by atoms with van der Waals surface area (Å²) >= 11 is 0. The molecule has 0 aliphatic rings. The number of nitrogens with zero attached hydrogens (tertiary/aromatic N) is 1. The summed E-state index contributed by atoms with van der Waals surface area (Å²) in [6, 6.07) is 0. The summed E-state index contributed by atoms with van der Waals surface area (Å²) in [7, 11) is -0.755. The van der Waals surface area contributed by atoms with Crippen molar-refractivity contribution in [2.24, 2.45) is 5.50 Å². The number of hydrogen-bond donors (Lipinski definition) is 1. The second kappa shape index (κ2) is 4.99. The van der Waals surface area contributed by atoms with E-state index in [1.807, 2.05) is 0 Å². The van der Waals surface area contributed by atoms with Gasteiger partial charge in [-0.2, -0.15) is 0 Å². The van der Waals surface area contributed by atoms with Crippen molar-refractivity contribution in [2.75, 3.05) is 19.8 Å². The van der Waals surface area contributed by atoms with Crippen LogP contribution >= 0.6 is 8.30 Å². The monoisotopic (exact) mass is 132 g/mol. The van der Waals surface area contributed by atoms with E-state index < -0.39 is 8.30 Å². The summed E-state index contributed by atoms with van der Waals surface area (Å²) in [5.74, 6) is 0. The second-order valence-corrected chi connectivity index (χ2v) is 2.61. The molecule has 0 fully saturated rings. The van der Waals surface area contributed by atoms with Crippen LogP contribution in [0, 0.1) is 6.57 Å². The molecular formula is C4H9N2OP. The molecule has 46 valence electrons. The van der Waals surface area contributed by atoms with Crippen molar-refractivity contribution in [1.82, 2.24) is 0 Å². The fourth-order valence-electron chi connectivity index (χ4n) is 0.230. The molecule has 0 bridgehead atoms. The zero-order valence-electron chi connectivity index (χ0n) is 4.79. The quantitative estimate of drug-likeness (QED) is 0.351. The summed E-state index contributed by atoms with van der Waals surface area (Å²) in [4.78, 5) is 3.09. The first-order valence-corrected chi connectivity index (χ1v) is 3.99. The van der Waals surface area contributed by atoms with E-state index in [0.29, 0.717) is 13.2 Å². The van der Waals surface area contributed by atoms with Gasteiger partial charge in [0.1, 0.15) is 6.61 Å². The Labute approximate surface area is 50.5 Å². The molecule has 0 spiro atoms. The lowest BCUT2D eigenvalue weighted by Crippen LogP contribution is -1.95. The van der Waals surface area contributed by atoms with Gasteiger partial charge in [0, 0.05) is 0 Å². The van der Waals surface area contributed by atoms with Crippen LogP contribution in [-0.4, -0.2) is 19.8 Å². The first-order chi connectivity index (χ1) is 3.77. The Morgan fingerprint density at radius 3 is 2.88 bits per heavy atom. The van der Waals surface area contributed by atoms with Crippen LogP contribution < -0.4 is 5.50 Å². The minimum absolute atomic E-state index is 0.421. The molecule has 0 aromatic carbocycles. The number of hydrogen-bond acceptors (Lipinski definition) is 2. The summed E-state index contributed by atoms with van der Waals surface area (Å²) in [6.45, 7) is 9.06. The van der Waals surface area contributed by atoms with Crippen LogP contribution in [0.1, 0.15) is 0 Å². The topological polar surface area (TPSA) is 39.6 Å². The van der Waals surface area contributed by atoms with Crippen molar-refractivity contribution in [3.63, 3.8) is 0 Å². The van der Waals surface area contributed by atoms with Crippen molar-refractivity contribution in [3.05, 3.63) is 11.4 Å². The molecule has 0 aromatic rings. The second-order valence-electron chi connectivity index (χ2n) is 1.26. The van der Waals surface area contributed by atoms with Crippen LogP contribution in [0.4, 0.5) is 0 Å². The molecule has 0 aliphatic heterocycles. The van der Waals surface area contributed by atoms with Crippen LogP contribution in [-0.2, 0) is 4.52 Å². The molecule has 0 aliphatic carbocycles. The van der Waals surface area contributed by atoms with E-state index in [1.54, 1.807) is 6.66 Å². The highest BCUT2D eigenvalue weighted by Gasteiger charge is 1.91. The molecule has 8 heavy (non-hydrogen) atoms. The number of nitrogens with two attached hydrogens (primary N) is 1. The van der Waals surface area contributed by atoms with Crippen molar-refractivity contribution in [3.8, 4) is 0 Å². The van der Waals surface area contributed by atoms with E-state index in [9.17, 15) is 0 Å². The van der Waals surface area contributed by atoms with Gasteiger partial charge in [-0.05, 0) is 6.66 Å². The minimum Gasteiger partial charge on any atom is -0.337 e. The van der Waals surface area contributed by atoms with E-state index >= 15 is 0 Å². The third-order valence-electron chi connectivity index (χ3n) is 0.498. The van der Waals surface area contributed by atoms with Gasteiger partial charge in [-0.3, -0.25) is 5.50 Å². The molecule has 0 aromatic heterocycles. The lowest BCUT2D eigenvalue weighted by molar-refractivity contribution is 0.376. The summed E-state index contributed by atoms with van der Waals surface area (Å²) in [5.41, 5.74) is 5.27. The van der Waals surface area contributed by atoms with E-state index in [2.05, 4.69) is 4.85 Å². The third kappa shape index (κ3) is 5.84. The number of rotatable bonds is 3. The van der Waals surface area contributed by atoms with E-state index in [1.165, 1.54) is 0 Å². The Kier molecular flexibility index (Phi) is 4.89. The van der Waals surface area contributed by atoms with Gasteiger partial charge >= 0.3 is 0 Å². The first kappa shape index (κ1) is 7.84. The lowest BCUT2D eigenvalue weighted by Gasteiger charge is -2.00. The first-order valence-electron chi connectivity index (χ1n) is 2.22. The van der Waals surface area contributed by atoms with Crippen LogP contribution in [0.15, 0.2) is 0 Å². The fraction of sp³-hybridized carbons (Fsp3) is 0.750. The van der Waals surface area contributed by atoms with Crippen molar-refractivity contribution in [2.45, 2.75) is 0 Å². The van der Waals surface area contributed by atoms with Gasteiger partial charge in [-0.25, -0.2) is 6.57 Å². The van der Waals surface area contributed by atoms with Gasteiger partial charge in [-0.1, -0.05) is 0 Å². The maximum Gasteiger partial charge on any atom is 0.238 e. The predicted octanol–water partition coefficient (Wildman–Crippen LogP) is 0.823. The minimum atomic E-state index is -0.755. The molecule has 0 rings (SSSR count). The predicted molar refractivity (Wildman–Crippen MR) is 34.5 cm³/mol. The van der Waals surface area contributed by atoms with Crippen LogP contribution in [0.25, 0.3) is 4.85 Å². The molecule has 2 N–H and O–H groups in total. The molecule has 0 heterocycles. The van der Waals surface area contributed by atoms with E-state index in [-0.39, 0.29) is 0 Å². The van der Waals surface area contributed by atoms with Crippen LogP contribution in [0.5, 0.6) is 0 Å². The highest BCUT2D eigenvalue weighted by Crippen LogP contribution is 2.18. The molecule has 1 atom stereocenters. The highest BCUT2D eigenvalue weighted by atomic mass is 31.2. The Hall–Kier alpha value is -0.160. The van der Waals surface area contributed by atoms with Gasteiger partial charge in [0.2, 0.25) is 6.54 Å². The van der Waals surface area contributed by atoms with E-state index in [4.69, 9.17) is 16.6 Å². The zero-order chi connectivity index (χ0) is 6.41. The van der Waals surface area contributed by atoms with Crippen molar-refractivity contribution in [1.29, 1.82) is 0 Å². The zero-order valence-corrected chi connectivity index (χ0v) is 5.69. The van der Waals surface area contributed by atoms with Gasteiger partial charge < -0.3 is 9.37 Å². The maximum atomic E-state index is 6.36. The normalized spacial score (nSPS) is 12.6. The molecule has 0 saturated carbocycles. The standard InChI is InChI=1S/C4H9N2OP/c1-6-3-4-7-8(2)5/h3-5H2,2H3. The van der Waals surface area contributed by atoms with Crippen LogP contribution in [0.2, 0.25) is 0 Å². The van der Waals surface area contributed by atoms with Gasteiger partial charge in [0.15, 0.2) is 0 Å². The van der Waals surface area contributed by atoms with Crippen LogP contribution in [0.3, 0.4) is 0 Å². The molecule has 3 nitrogen and oxygen atoms in total. The average molecular weight is 132 g/mol. The largest absolute Gasteiger partial charge is 0.337 e. The van der Waals surface area contributed by atoms with Gasteiger partial charge in [0.05, 0.1) is 8.30 Å². The summed E-state index contributed by atoms with van der Waals surface area (Å²) in [5, 5.41) is 0. The Morgan fingerprint density at radius 2 is 2.50 bits per heavy atom. The fourth-order valence-corrected chi connectivity index (χ4v) is 0.600. The summed E-state index contributed by atoms with van der Waals surface area (Å²) < 4.78 is 4.91. The molecule has 0 saturated heterocycles. The smallest absolute Gasteiger partial charge is 0.238 e. The van der Waals surface area contributed by atoms with Gasteiger partial charge in [-0.15, -0.1) is 0 Å². The maximum absolute atomic E-state index is 6.36. The lowest BCUT2D eigenvalue weighted by atomic mass is 10.7. The third-order valence-corrected chi connectivity index (χ3v) is 1.09. The van der Waals surface area contributed by atoms with E-state index in [0.717, 1.165) is 0 Å². The highest BCUT2D eigenvalue weighted by molar-refractivity contribution is 7.48. The summed E-state index contributed by atoms with van der Waals surface area (Å²) in [6.07, 6.45) is 0. The SMILES string of the molecule is [C-]#[N+]CCOP(C)N. The molecular weight excluding hydrogens is 123 g/mol. The van der Waals surface area contributed by atoms with Crippen molar-refractivity contribution >= 4 is 8.30 Å². The molecule has 1 unspecified atom stereocenters. The Morgan fingerprint density at radius 1 is 1.88 bits per heavy atom. The molecule has 0 radical (unpaired) electrons. The average Bonchev–Trinajstić information content (AvgIpc) is 1.66. The van der Waals surface area contributed by atoms with Crippen molar-refractivity contribution < 1.29 is 4.52 Å². The Bertz CT molecular complexity index is 88.5. The Balaban J connectivity index is 2.85.